The quantitative estimate of drug-likeness (QED) is 0.712. The molecule has 0 atom stereocenters. The molecule has 13 heavy (non-hydrogen) atoms. The van der Waals surface area contributed by atoms with E-state index in [2.05, 4.69) is 13.8 Å². The number of benzene rings is 1. The third-order valence-corrected chi connectivity index (χ3v) is 2.04. The molecule has 1 aromatic carbocycles. The van der Waals surface area contributed by atoms with Crippen LogP contribution in [0, 0.1) is 0 Å². The van der Waals surface area contributed by atoms with E-state index in [1.54, 1.807) is 14.2 Å². The van der Waals surface area contributed by atoms with Gasteiger partial charge in [-0.2, -0.15) is 0 Å². The topological polar surface area (TPSA) is 18.5 Å². The van der Waals surface area contributed by atoms with E-state index >= 15 is 0 Å². The van der Waals surface area contributed by atoms with Crippen molar-refractivity contribution in [2.75, 3.05) is 14.2 Å². The second kappa shape index (κ2) is 4.17. The summed E-state index contributed by atoms with van der Waals surface area (Å²) < 4.78 is 10.3. The van der Waals surface area contributed by atoms with Gasteiger partial charge in [0.15, 0.2) is 0 Å². The number of hydrogen-bond donors (Lipinski definition) is 0. The minimum atomic E-state index is 0.490. The van der Waals surface area contributed by atoms with Gasteiger partial charge in [0.05, 0.1) is 14.2 Å². The highest BCUT2D eigenvalue weighted by Crippen LogP contribution is 2.26. The molecule has 0 aromatic heterocycles. The average Bonchev–Trinajstić information content (AvgIpc) is 2.16. The first-order valence-electron chi connectivity index (χ1n) is 4.40. The molecule has 2 nitrogen and oxygen atoms in total. The van der Waals surface area contributed by atoms with Crippen LogP contribution in [0.5, 0.6) is 11.5 Å². The first kappa shape index (κ1) is 9.90. The van der Waals surface area contributed by atoms with Crippen molar-refractivity contribution in [2.24, 2.45) is 0 Å². The largest absolute Gasteiger partial charge is 0.497 e. The molecule has 0 unspecified atom stereocenters. The summed E-state index contributed by atoms with van der Waals surface area (Å²) in [4.78, 5) is 0. The molecule has 0 heterocycles. The van der Waals surface area contributed by atoms with Gasteiger partial charge in [-0.15, -0.1) is 0 Å². The first-order chi connectivity index (χ1) is 6.17. The monoisotopic (exact) mass is 180 g/mol. The van der Waals surface area contributed by atoms with Crippen molar-refractivity contribution in [2.45, 2.75) is 19.8 Å². The van der Waals surface area contributed by atoms with Crippen LogP contribution in [0.15, 0.2) is 18.2 Å². The summed E-state index contributed by atoms with van der Waals surface area (Å²) >= 11 is 0. The lowest BCUT2D eigenvalue weighted by Crippen LogP contribution is -1.92. The maximum atomic E-state index is 5.17. The second-order valence-electron chi connectivity index (χ2n) is 3.30. The molecular formula is C11H16O2. The summed E-state index contributed by atoms with van der Waals surface area (Å²) in [5.41, 5.74) is 1.23. The van der Waals surface area contributed by atoms with Crippen LogP contribution in [0.1, 0.15) is 25.3 Å². The number of hydrogen-bond acceptors (Lipinski definition) is 2. The fourth-order valence-corrected chi connectivity index (χ4v) is 1.16. The van der Waals surface area contributed by atoms with Gasteiger partial charge in [0.2, 0.25) is 0 Å². The van der Waals surface area contributed by atoms with Crippen LogP contribution in [0.25, 0.3) is 0 Å². The molecule has 0 aliphatic carbocycles. The molecule has 0 radical (unpaired) electrons. The van der Waals surface area contributed by atoms with Gasteiger partial charge in [-0.1, -0.05) is 13.8 Å². The van der Waals surface area contributed by atoms with E-state index in [0.29, 0.717) is 5.92 Å². The molecule has 0 saturated heterocycles. The van der Waals surface area contributed by atoms with Gasteiger partial charge in [-0.3, -0.25) is 0 Å². The van der Waals surface area contributed by atoms with Crippen LogP contribution in [0.3, 0.4) is 0 Å². The van der Waals surface area contributed by atoms with Crippen LogP contribution < -0.4 is 9.47 Å². The van der Waals surface area contributed by atoms with E-state index in [1.807, 2.05) is 18.2 Å². The number of methoxy groups -OCH3 is 2. The minimum Gasteiger partial charge on any atom is -0.497 e. The molecule has 0 aliphatic rings. The van der Waals surface area contributed by atoms with Gasteiger partial charge in [-0.25, -0.2) is 0 Å². The van der Waals surface area contributed by atoms with Gasteiger partial charge in [0.25, 0.3) is 0 Å². The normalized spacial score (nSPS) is 10.2. The summed E-state index contributed by atoms with van der Waals surface area (Å²) in [6.07, 6.45) is 0. The van der Waals surface area contributed by atoms with Gasteiger partial charge in [0, 0.05) is 6.07 Å². The van der Waals surface area contributed by atoms with Gasteiger partial charge in [-0.05, 0) is 23.6 Å². The van der Waals surface area contributed by atoms with Crippen LogP contribution in [0.4, 0.5) is 0 Å². The first-order valence-corrected chi connectivity index (χ1v) is 4.40. The Morgan fingerprint density at radius 1 is 0.923 bits per heavy atom. The average molecular weight is 180 g/mol. The Labute approximate surface area is 79.5 Å². The third-order valence-electron chi connectivity index (χ3n) is 2.04. The predicted octanol–water partition coefficient (Wildman–Crippen LogP) is 2.83. The lowest BCUT2D eigenvalue weighted by molar-refractivity contribution is 0.393. The van der Waals surface area contributed by atoms with Crippen LogP contribution in [-0.2, 0) is 0 Å². The molecule has 1 rings (SSSR count). The Bertz CT molecular complexity index is 257. The summed E-state index contributed by atoms with van der Waals surface area (Å²) in [6, 6.07) is 5.95. The molecule has 2 heteroatoms. The van der Waals surface area contributed by atoms with Crippen molar-refractivity contribution in [3.8, 4) is 11.5 Å². The Kier molecular flexibility index (Phi) is 3.18. The number of ether oxygens (including phenoxy) is 2. The molecule has 0 saturated carbocycles. The van der Waals surface area contributed by atoms with E-state index in [-0.39, 0.29) is 0 Å². The second-order valence-corrected chi connectivity index (χ2v) is 3.30. The van der Waals surface area contributed by atoms with E-state index in [0.717, 1.165) is 11.5 Å². The maximum Gasteiger partial charge on any atom is 0.122 e. The molecule has 0 bridgehead atoms. The number of rotatable bonds is 3. The highest BCUT2D eigenvalue weighted by Gasteiger charge is 2.04. The Morgan fingerprint density at radius 2 is 1.38 bits per heavy atom. The summed E-state index contributed by atoms with van der Waals surface area (Å²) in [6.45, 7) is 4.29. The van der Waals surface area contributed by atoms with E-state index in [4.69, 9.17) is 9.47 Å². The summed E-state index contributed by atoms with van der Waals surface area (Å²) in [5.74, 6) is 2.19. The highest BCUT2D eigenvalue weighted by molar-refractivity contribution is 5.39. The third kappa shape index (κ3) is 2.38. The van der Waals surface area contributed by atoms with E-state index < -0.39 is 0 Å². The summed E-state index contributed by atoms with van der Waals surface area (Å²) in [5, 5.41) is 0. The minimum absolute atomic E-state index is 0.490. The molecule has 0 spiro atoms. The molecule has 72 valence electrons. The SMILES string of the molecule is COc1cc(OC)cc(C(C)C)c1. The lowest BCUT2D eigenvalue weighted by Gasteiger charge is -2.10. The zero-order valence-corrected chi connectivity index (χ0v) is 8.63. The van der Waals surface area contributed by atoms with E-state index in [9.17, 15) is 0 Å². The Morgan fingerprint density at radius 3 is 1.69 bits per heavy atom. The maximum absolute atomic E-state index is 5.17. The molecule has 0 aliphatic heterocycles. The molecule has 0 fully saturated rings. The zero-order valence-electron chi connectivity index (χ0n) is 8.63. The molecule has 1 aromatic rings. The van der Waals surface area contributed by atoms with Crippen molar-refractivity contribution in [1.29, 1.82) is 0 Å². The van der Waals surface area contributed by atoms with Crippen molar-refractivity contribution in [3.05, 3.63) is 23.8 Å². The molecular weight excluding hydrogens is 164 g/mol. The van der Waals surface area contributed by atoms with Crippen molar-refractivity contribution >= 4 is 0 Å². The predicted molar refractivity (Wildman–Crippen MR) is 53.6 cm³/mol. The van der Waals surface area contributed by atoms with Crippen LogP contribution >= 0.6 is 0 Å². The van der Waals surface area contributed by atoms with Crippen LogP contribution in [0.2, 0.25) is 0 Å². The smallest absolute Gasteiger partial charge is 0.122 e. The molecule has 0 N–H and O–H groups in total. The lowest BCUT2D eigenvalue weighted by atomic mass is 10.0. The standard InChI is InChI=1S/C11H16O2/c1-8(2)9-5-10(12-3)7-11(6-9)13-4/h5-8H,1-4H3. The van der Waals surface area contributed by atoms with Gasteiger partial charge >= 0.3 is 0 Å². The Hall–Kier alpha value is -1.18. The van der Waals surface area contributed by atoms with Crippen molar-refractivity contribution in [1.82, 2.24) is 0 Å². The zero-order chi connectivity index (χ0) is 9.84. The van der Waals surface area contributed by atoms with Crippen molar-refractivity contribution < 1.29 is 9.47 Å². The fourth-order valence-electron chi connectivity index (χ4n) is 1.16. The van der Waals surface area contributed by atoms with Gasteiger partial charge < -0.3 is 9.47 Å². The Balaban J connectivity index is 3.07. The van der Waals surface area contributed by atoms with E-state index in [1.165, 1.54) is 5.56 Å². The van der Waals surface area contributed by atoms with Crippen molar-refractivity contribution in [3.63, 3.8) is 0 Å². The van der Waals surface area contributed by atoms with Crippen LogP contribution in [-0.4, -0.2) is 14.2 Å². The summed E-state index contributed by atoms with van der Waals surface area (Å²) in [7, 11) is 3.33. The fraction of sp³-hybridized carbons (Fsp3) is 0.455. The molecule has 0 amide bonds. The highest BCUT2D eigenvalue weighted by atomic mass is 16.5. The van der Waals surface area contributed by atoms with Gasteiger partial charge in [0.1, 0.15) is 11.5 Å².